The Bertz CT molecular complexity index is 778. The molecule has 0 spiro atoms. The molecule has 1 aliphatic heterocycles. The molecule has 1 fully saturated rings. The monoisotopic (exact) mass is 571 g/mol. The van der Waals surface area contributed by atoms with E-state index in [1.807, 2.05) is 25.7 Å². The molecule has 2 N–H and O–H groups in total. The van der Waals surface area contributed by atoms with Crippen molar-refractivity contribution in [3.63, 3.8) is 0 Å². The lowest BCUT2D eigenvalue weighted by molar-refractivity contribution is 0.0904. The Labute approximate surface area is 201 Å². The van der Waals surface area contributed by atoms with Gasteiger partial charge in [-0.05, 0) is 32.9 Å². The molecule has 1 aliphatic rings. The molecule has 0 unspecified atom stereocenters. The minimum absolute atomic E-state index is 0. The number of carbonyl (C=O) groups excluding carboxylic acids is 1. The average Bonchev–Trinajstić information content (AvgIpc) is 3.25. The minimum Gasteiger partial charge on any atom is -0.459 e. The number of hydrogen-bond donors (Lipinski definition) is 2. The van der Waals surface area contributed by atoms with Crippen LogP contribution in [0, 0.1) is 0 Å². The third-order valence-electron chi connectivity index (χ3n) is 4.46. The van der Waals surface area contributed by atoms with Gasteiger partial charge >= 0.3 is 0 Å². The number of amides is 1. The summed E-state index contributed by atoms with van der Waals surface area (Å²) in [6, 6.07) is 3.26. The van der Waals surface area contributed by atoms with Gasteiger partial charge in [0.05, 0.1) is 31.3 Å². The van der Waals surface area contributed by atoms with Crippen molar-refractivity contribution in [3.05, 3.63) is 24.2 Å². The number of hydrogen-bond acceptors (Lipinski definition) is 6. The molecule has 0 saturated carbocycles. The number of nitrogens with zero attached hydrogens (tertiary/aromatic N) is 3. The number of furan rings is 1. The molecule has 1 aromatic rings. The van der Waals surface area contributed by atoms with Gasteiger partial charge in [-0.2, -0.15) is 4.31 Å². The highest BCUT2D eigenvalue weighted by molar-refractivity contribution is 14.0. The average molecular weight is 571 g/mol. The maximum atomic E-state index is 12.5. The van der Waals surface area contributed by atoms with Crippen LogP contribution in [0.5, 0.6) is 0 Å². The number of ether oxygens (including phenoxy) is 1. The van der Waals surface area contributed by atoms with Crippen molar-refractivity contribution in [2.75, 3.05) is 58.2 Å². The van der Waals surface area contributed by atoms with Crippen LogP contribution in [0.2, 0.25) is 0 Å². The summed E-state index contributed by atoms with van der Waals surface area (Å²) in [6.07, 6.45) is 1.47. The molecule has 0 atom stereocenters. The summed E-state index contributed by atoms with van der Waals surface area (Å²) in [6.45, 7) is 9.33. The van der Waals surface area contributed by atoms with Gasteiger partial charge in [0.15, 0.2) is 11.7 Å². The van der Waals surface area contributed by atoms with Crippen LogP contribution in [0.1, 0.15) is 31.3 Å². The zero-order valence-electron chi connectivity index (χ0n) is 18.4. The Kier molecular flexibility index (Phi) is 12.4. The first-order valence-corrected chi connectivity index (χ1v) is 11.9. The van der Waals surface area contributed by atoms with Gasteiger partial charge in [0.25, 0.3) is 5.91 Å². The fourth-order valence-electron chi connectivity index (χ4n) is 2.95. The second-order valence-corrected chi connectivity index (χ2v) is 9.18. The molecule has 2 heterocycles. The summed E-state index contributed by atoms with van der Waals surface area (Å²) >= 11 is 0. The minimum atomic E-state index is -3.33. The second kappa shape index (κ2) is 13.9. The van der Waals surface area contributed by atoms with Crippen molar-refractivity contribution < 1.29 is 22.4 Å². The first kappa shape index (κ1) is 27.7. The van der Waals surface area contributed by atoms with Crippen molar-refractivity contribution in [3.8, 4) is 0 Å². The van der Waals surface area contributed by atoms with Gasteiger partial charge < -0.3 is 24.7 Å². The van der Waals surface area contributed by atoms with Gasteiger partial charge in [-0.25, -0.2) is 8.42 Å². The molecule has 1 aromatic heterocycles. The van der Waals surface area contributed by atoms with Crippen LogP contribution in [-0.4, -0.2) is 93.8 Å². The van der Waals surface area contributed by atoms with E-state index < -0.39 is 10.0 Å². The summed E-state index contributed by atoms with van der Waals surface area (Å²) in [7, 11) is -3.33. The molecule has 178 valence electrons. The number of nitrogens with one attached hydrogen (secondary N) is 2. The van der Waals surface area contributed by atoms with Crippen molar-refractivity contribution in [2.45, 2.75) is 26.9 Å². The molecule has 12 heteroatoms. The van der Waals surface area contributed by atoms with E-state index in [1.54, 1.807) is 12.1 Å². The molecular formula is C19H34IN5O5S. The second-order valence-electron chi connectivity index (χ2n) is 7.09. The predicted molar refractivity (Wildman–Crippen MR) is 130 cm³/mol. The van der Waals surface area contributed by atoms with E-state index in [9.17, 15) is 13.2 Å². The zero-order valence-corrected chi connectivity index (χ0v) is 21.5. The molecule has 0 radical (unpaired) electrons. The smallest absolute Gasteiger partial charge is 0.287 e. The maximum absolute atomic E-state index is 12.5. The Hall–Kier alpha value is -1.38. The number of sulfonamides is 1. The van der Waals surface area contributed by atoms with E-state index in [1.165, 1.54) is 10.6 Å². The Morgan fingerprint density at radius 2 is 1.97 bits per heavy atom. The molecule has 1 saturated heterocycles. The first-order chi connectivity index (χ1) is 14.3. The number of halogens is 1. The normalized spacial score (nSPS) is 15.6. The predicted octanol–water partition coefficient (Wildman–Crippen LogP) is 0.965. The van der Waals surface area contributed by atoms with Gasteiger partial charge in [0.2, 0.25) is 10.0 Å². The van der Waals surface area contributed by atoms with Crippen LogP contribution in [0.3, 0.4) is 0 Å². The quantitative estimate of drug-likeness (QED) is 0.186. The molecule has 31 heavy (non-hydrogen) atoms. The standard InChI is InChI=1S/C19H33N5O5S.HI/c1-4-20-19(22-8-7-21-18(25)17-6-5-13-29-17)23-9-11-24(12-10-23)30(26,27)15-14-28-16(2)3;/h5-6,13,16H,4,7-12,14-15H2,1-3H3,(H,20,22)(H,21,25);1H. The maximum Gasteiger partial charge on any atom is 0.287 e. The number of guanidine groups is 1. The van der Waals surface area contributed by atoms with Gasteiger partial charge in [0, 0.05) is 39.3 Å². The van der Waals surface area contributed by atoms with Crippen molar-refractivity contribution in [2.24, 2.45) is 4.99 Å². The number of aliphatic imine (C=N–C) groups is 1. The topological polar surface area (TPSA) is 116 Å². The van der Waals surface area contributed by atoms with E-state index in [0.29, 0.717) is 51.8 Å². The fraction of sp³-hybridized carbons (Fsp3) is 0.684. The van der Waals surface area contributed by atoms with E-state index >= 15 is 0 Å². The molecule has 0 aliphatic carbocycles. The molecule has 0 aromatic carbocycles. The highest BCUT2D eigenvalue weighted by Crippen LogP contribution is 2.09. The van der Waals surface area contributed by atoms with Gasteiger partial charge in [-0.15, -0.1) is 24.0 Å². The Morgan fingerprint density at radius 1 is 1.26 bits per heavy atom. The lowest BCUT2D eigenvalue weighted by atomic mass is 10.4. The molecule has 10 nitrogen and oxygen atoms in total. The molecule has 1 amide bonds. The largest absolute Gasteiger partial charge is 0.459 e. The molecule has 0 bridgehead atoms. The number of carbonyl (C=O) groups is 1. The van der Waals surface area contributed by atoms with E-state index in [0.717, 1.165) is 0 Å². The Balaban J connectivity index is 0.00000480. The van der Waals surface area contributed by atoms with Crippen LogP contribution in [0.4, 0.5) is 0 Å². The SMILES string of the molecule is CCNC(=NCCNC(=O)c1ccco1)N1CCN(S(=O)(=O)CCOC(C)C)CC1.I. The Morgan fingerprint density at radius 3 is 2.55 bits per heavy atom. The summed E-state index contributed by atoms with van der Waals surface area (Å²) in [4.78, 5) is 18.5. The fourth-order valence-corrected chi connectivity index (χ4v) is 4.23. The van der Waals surface area contributed by atoms with Gasteiger partial charge in [0.1, 0.15) is 0 Å². The first-order valence-electron chi connectivity index (χ1n) is 10.3. The van der Waals surface area contributed by atoms with Crippen LogP contribution in [-0.2, 0) is 14.8 Å². The summed E-state index contributed by atoms with van der Waals surface area (Å²) in [5.74, 6) is 0.696. The lowest BCUT2D eigenvalue weighted by Crippen LogP contribution is -2.54. The lowest BCUT2D eigenvalue weighted by Gasteiger charge is -2.35. The third kappa shape index (κ3) is 9.33. The summed E-state index contributed by atoms with van der Waals surface area (Å²) < 4.78 is 36.9. The van der Waals surface area contributed by atoms with E-state index in [-0.39, 0.29) is 54.1 Å². The van der Waals surface area contributed by atoms with Crippen molar-refractivity contribution in [1.29, 1.82) is 0 Å². The third-order valence-corrected chi connectivity index (χ3v) is 6.30. The zero-order chi connectivity index (χ0) is 22.0. The van der Waals surface area contributed by atoms with Crippen LogP contribution >= 0.6 is 24.0 Å². The highest BCUT2D eigenvalue weighted by Gasteiger charge is 2.28. The van der Waals surface area contributed by atoms with Crippen LogP contribution < -0.4 is 10.6 Å². The van der Waals surface area contributed by atoms with Gasteiger partial charge in [-0.3, -0.25) is 9.79 Å². The number of piperazine rings is 1. The van der Waals surface area contributed by atoms with E-state index in [2.05, 4.69) is 15.6 Å². The highest BCUT2D eigenvalue weighted by atomic mass is 127. The molecule has 2 rings (SSSR count). The summed E-state index contributed by atoms with van der Waals surface area (Å²) in [5, 5.41) is 5.98. The van der Waals surface area contributed by atoms with Gasteiger partial charge in [-0.1, -0.05) is 0 Å². The van der Waals surface area contributed by atoms with Crippen molar-refractivity contribution in [1.82, 2.24) is 19.8 Å². The number of rotatable bonds is 10. The van der Waals surface area contributed by atoms with E-state index in [4.69, 9.17) is 9.15 Å². The summed E-state index contributed by atoms with van der Waals surface area (Å²) in [5.41, 5.74) is 0. The molecular weight excluding hydrogens is 537 g/mol. The van der Waals surface area contributed by atoms with Crippen LogP contribution in [0.15, 0.2) is 27.8 Å². The van der Waals surface area contributed by atoms with Crippen LogP contribution in [0.25, 0.3) is 0 Å². The van der Waals surface area contributed by atoms with Crippen molar-refractivity contribution >= 4 is 45.9 Å².